The van der Waals surface area contributed by atoms with Gasteiger partial charge in [0.25, 0.3) is 0 Å². The Morgan fingerprint density at radius 1 is 1.57 bits per heavy atom. The highest BCUT2D eigenvalue weighted by atomic mass is 35.5. The lowest BCUT2D eigenvalue weighted by Crippen LogP contribution is -2.06. The van der Waals surface area contributed by atoms with Gasteiger partial charge in [-0.25, -0.2) is 4.98 Å². The van der Waals surface area contributed by atoms with Gasteiger partial charge in [-0.1, -0.05) is 35.1 Å². The number of hydrogen-bond donors (Lipinski definition) is 1. The minimum atomic E-state index is -0.255. The van der Waals surface area contributed by atoms with Crippen LogP contribution in [0, 0.1) is 0 Å². The second-order valence-electron chi connectivity index (χ2n) is 4.04. The minimum absolute atomic E-state index is 0.227. The lowest BCUT2D eigenvalue weighted by Gasteiger charge is -1.97. The van der Waals surface area contributed by atoms with E-state index >= 15 is 0 Å². The van der Waals surface area contributed by atoms with Crippen molar-refractivity contribution < 1.29 is 9.53 Å². The summed E-state index contributed by atoms with van der Waals surface area (Å²) in [6, 6.07) is 7.35. The van der Waals surface area contributed by atoms with Gasteiger partial charge in [0.05, 0.1) is 19.2 Å². The van der Waals surface area contributed by atoms with Gasteiger partial charge in [-0.3, -0.25) is 10.2 Å². The molecule has 21 heavy (non-hydrogen) atoms. The molecule has 5 nitrogen and oxygen atoms in total. The number of nitrogens with one attached hydrogen (secondary N) is 1. The van der Waals surface area contributed by atoms with Gasteiger partial charge in [-0.15, -0.1) is 0 Å². The Morgan fingerprint density at radius 3 is 3.19 bits per heavy atom. The molecule has 0 aliphatic heterocycles. The molecule has 0 unspecified atom stereocenters. The van der Waals surface area contributed by atoms with Crippen LogP contribution in [0.25, 0.3) is 0 Å². The van der Waals surface area contributed by atoms with Crippen LogP contribution in [-0.4, -0.2) is 23.8 Å². The number of benzene rings is 1. The van der Waals surface area contributed by atoms with Crippen molar-refractivity contribution in [3.8, 4) is 0 Å². The van der Waals surface area contributed by atoms with Crippen molar-refractivity contribution >= 4 is 40.3 Å². The number of esters is 1. The van der Waals surface area contributed by atoms with Crippen molar-refractivity contribution in [1.82, 2.24) is 4.98 Å². The lowest BCUT2D eigenvalue weighted by molar-refractivity contribution is -0.142. The number of hydrazone groups is 1. The van der Waals surface area contributed by atoms with Gasteiger partial charge in [0.15, 0.2) is 0 Å². The Labute approximate surface area is 131 Å². The fraction of sp³-hybridized carbons (Fsp3) is 0.214. The van der Waals surface area contributed by atoms with Gasteiger partial charge >= 0.3 is 5.97 Å². The molecule has 1 N–H and O–H groups in total. The average molecular weight is 324 g/mol. The Bertz CT molecular complexity index is 643. The van der Waals surface area contributed by atoms with E-state index in [1.165, 1.54) is 11.3 Å². The summed E-state index contributed by atoms with van der Waals surface area (Å²) >= 11 is 7.24. The highest BCUT2D eigenvalue weighted by molar-refractivity contribution is 7.15. The number of thiazole rings is 1. The van der Waals surface area contributed by atoms with Crippen LogP contribution < -0.4 is 5.43 Å². The third kappa shape index (κ3) is 5.17. The van der Waals surface area contributed by atoms with E-state index in [1.807, 2.05) is 12.1 Å². The van der Waals surface area contributed by atoms with Crippen LogP contribution in [0.1, 0.15) is 17.4 Å². The molecule has 0 bridgehead atoms. The van der Waals surface area contributed by atoms with Gasteiger partial charge in [-0.05, 0) is 24.6 Å². The number of carbonyl (C=O) groups excluding carboxylic acids is 1. The largest absolute Gasteiger partial charge is 0.466 e. The molecule has 0 saturated heterocycles. The molecule has 0 atom stereocenters. The molecule has 0 aliphatic carbocycles. The lowest BCUT2D eigenvalue weighted by atomic mass is 10.2. The number of nitrogens with zero attached hydrogens (tertiary/aromatic N) is 2. The molecule has 7 heteroatoms. The maximum absolute atomic E-state index is 11.3. The molecule has 110 valence electrons. The molecule has 2 rings (SSSR count). The number of halogens is 1. The van der Waals surface area contributed by atoms with E-state index in [4.69, 9.17) is 16.3 Å². The fourth-order valence-corrected chi connectivity index (χ4v) is 2.49. The van der Waals surface area contributed by atoms with Gasteiger partial charge in [0.1, 0.15) is 0 Å². The third-order valence-corrected chi connectivity index (χ3v) is 3.54. The standard InChI is InChI=1S/C14H14ClN3O2S/c1-2-20-13(19)7-12-9-16-14(21-12)18-17-8-10-4-3-5-11(15)6-10/h3-6,8-9H,2,7H2,1H3,(H,16,18)/b17-8+. The van der Waals surface area contributed by atoms with E-state index in [0.717, 1.165) is 10.4 Å². The Balaban J connectivity index is 1.89. The summed E-state index contributed by atoms with van der Waals surface area (Å²) in [7, 11) is 0. The molecular weight excluding hydrogens is 310 g/mol. The predicted octanol–water partition coefficient (Wildman–Crippen LogP) is 3.35. The summed E-state index contributed by atoms with van der Waals surface area (Å²) in [4.78, 5) is 16.3. The van der Waals surface area contributed by atoms with Crippen LogP contribution in [0.5, 0.6) is 0 Å². The van der Waals surface area contributed by atoms with Crippen molar-refractivity contribution in [2.75, 3.05) is 12.0 Å². The Hall–Kier alpha value is -1.92. The summed E-state index contributed by atoms with van der Waals surface area (Å²) < 4.78 is 4.88. The number of anilines is 1. The molecule has 1 aromatic heterocycles. The maximum atomic E-state index is 11.3. The van der Waals surface area contributed by atoms with Crippen LogP contribution in [0.15, 0.2) is 35.6 Å². The van der Waals surface area contributed by atoms with E-state index in [2.05, 4.69) is 15.5 Å². The molecule has 0 fully saturated rings. The Kier molecular flexibility index (Phi) is 5.71. The summed E-state index contributed by atoms with van der Waals surface area (Å²) in [5, 5.41) is 5.36. The molecule has 0 radical (unpaired) electrons. The van der Waals surface area contributed by atoms with Gasteiger partial charge in [-0.2, -0.15) is 5.10 Å². The number of rotatable bonds is 6. The zero-order chi connectivity index (χ0) is 15.1. The first kappa shape index (κ1) is 15.5. The van der Waals surface area contributed by atoms with E-state index < -0.39 is 0 Å². The smallest absolute Gasteiger partial charge is 0.311 e. The highest BCUT2D eigenvalue weighted by Crippen LogP contribution is 2.18. The van der Waals surface area contributed by atoms with E-state index in [-0.39, 0.29) is 12.4 Å². The number of carbonyl (C=O) groups is 1. The van der Waals surface area contributed by atoms with Gasteiger partial charge in [0.2, 0.25) is 5.13 Å². The van der Waals surface area contributed by atoms with E-state index in [1.54, 1.807) is 31.5 Å². The maximum Gasteiger partial charge on any atom is 0.311 e. The van der Waals surface area contributed by atoms with Crippen LogP contribution in [0.2, 0.25) is 5.02 Å². The minimum Gasteiger partial charge on any atom is -0.466 e. The second-order valence-corrected chi connectivity index (χ2v) is 5.59. The van der Waals surface area contributed by atoms with Crippen LogP contribution in [0.3, 0.4) is 0 Å². The van der Waals surface area contributed by atoms with Gasteiger partial charge in [0, 0.05) is 16.1 Å². The molecule has 0 amide bonds. The van der Waals surface area contributed by atoms with Crippen molar-refractivity contribution in [2.45, 2.75) is 13.3 Å². The molecule has 0 spiro atoms. The van der Waals surface area contributed by atoms with Crippen molar-refractivity contribution in [1.29, 1.82) is 0 Å². The third-order valence-electron chi connectivity index (χ3n) is 2.40. The molecule has 0 saturated carbocycles. The summed E-state index contributed by atoms with van der Waals surface area (Å²) in [6.07, 6.45) is 3.52. The summed E-state index contributed by atoms with van der Waals surface area (Å²) in [5.41, 5.74) is 3.71. The first-order valence-electron chi connectivity index (χ1n) is 6.32. The molecule has 1 heterocycles. The highest BCUT2D eigenvalue weighted by Gasteiger charge is 2.07. The van der Waals surface area contributed by atoms with Crippen LogP contribution in [-0.2, 0) is 16.0 Å². The van der Waals surface area contributed by atoms with E-state index in [9.17, 15) is 4.79 Å². The molecule has 2 aromatic rings. The van der Waals surface area contributed by atoms with Crippen molar-refractivity contribution in [2.24, 2.45) is 5.10 Å². The van der Waals surface area contributed by atoms with Gasteiger partial charge < -0.3 is 4.74 Å². The molecular formula is C14H14ClN3O2S. The molecule has 0 aliphatic rings. The van der Waals surface area contributed by atoms with Crippen molar-refractivity contribution in [3.63, 3.8) is 0 Å². The quantitative estimate of drug-likeness (QED) is 0.503. The first-order valence-corrected chi connectivity index (χ1v) is 7.52. The van der Waals surface area contributed by atoms with Crippen LogP contribution >= 0.6 is 22.9 Å². The number of ether oxygens (including phenoxy) is 1. The number of aromatic nitrogens is 1. The average Bonchev–Trinajstić information content (AvgIpc) is 2.86. The van der Waals surface area contributed by atoms with E-state index in [0.29, 0.717) is 16.8 Å². The monoisotopic (exact) mass is 323 g/mol. The second kappa shape index (κ2) is 7.75. The predicted molar refractivity (Wildman–Crippen MR) is 85.1 cm³/mol. The zero-order valence-electron chi connectivity index (χ0n) is 11.4. The summed E-state index contributed by atoms with van der Waals surface area (Å²) in [5.74, 6) is -0.255. The van der Waals surface area contributed by atoms with Crippen molar-refractivity contribution in [3.05, 3.63) is 45.9 Å². The van der Waals surface area contributed by atoms with Crippen LogP contribution in [0.4, 0.5) is 5.13 Å². The fourth-order valence-electron chi connectivity index (χ4n) is 1.54. The SMILES string of the molecule is CCOC(=O)Cc1cnc(N/N=C/c2cccc(Cl)c2)s1. The topological polar surface area (TPSA) is 63.6 Å². The normalized spacial score (nSPS) is 10.8. The Morgan fingerprint density at radius 2 is 2.43 bits per heavy atom. The first-order chi connectivity index (χ1) is 10.2. The zero-order valence-corrected chi connectivity index (χ0v) is 12.9. The molecule has 1 aromatic carbocycles. The number of hydrogen-bond acceptors (Lipinski definition) is 6. The summed E-state index contributed by atoms with van der Waals surface area (Å²) in [6.45, 7) is 2.16.